The third-order valence-electron chi connectivity index (χ3n) is 2.90. The summed E-state index contributed by atoms with van der Waals surface area (Å²) in [6, 6.07) is 0. The highest BCUT2D eigenvalue weighted by Gasteiger charge is 2.16. The highest BCUT2D eigenvalue weighted by Crippen LogP contribution is 2.21. The van der Waals surface area contributed by atoms with Crippen molar-refractivity contribution in [2.45, 2.75) is 50.6 Å². The van der Waals surface area contributed by atoms with Gasteiger partial charge in [-0.2, -0.15) is 0 Å². The zero-order valence-electron chi connectivity index (χ0n) is 9.60. The smallest absolute Gasteiger partial charge is 0.100 e. The Balaban J connectivity index is 1.91. The van der Waals surface area contributed by atoms with Crippen molar-refractivity contribution in [2.24, 2.45) is 0 Å². The molecule has 1 aliphatic rings. The molecule has 90 valence electrons. The van der Waals surface area contributed by atoms with E-state index in [1.165, 1.54) is 12.8 Å². The van der Waals surface area contributed by atoms with Gasteiger partial charge in [0.15, 0.2) is 0 Å². The van der Waals surface area contributed by atoms with E-state index in [0.29, 0.717) is 6.10 Å². The van der Waals surface area contributed by atoms with Crippen molar-refractivity contribution in [1.29, 1.82) is 0 Å². The zero-order valence-corrected chi connectivity index (χ0v) is 10.4. The lowest BCUT2D eigenvalue weighted by atomic mass is 10.1. The predicted molar refractivity (Wildman–Crippen MR) is 62.5 cm³/mol. The van der Waals surface area contributed by atoms with Gasteiger partial charge in [-0.1, -0.05) is 12.1 Å². The minimum absolute atomic E-state index is 0.0268. The van der Waals surface area contributed by atoms with Crippen LogP contribution in [-0.2, 0) is 11.3 Å². The van der Waals surface area contributed by atoms with Crippen LogP contribution >= 0.6 is 11.6 Å². The fraction of sp³-hybridized carbons (Fsp3) is 0.818. The molecule has 1 aromatic rings. The molecule has 0 aromatic carbocycles. The summed E-state index contributed by atoms with van der Waals surface area (Å²) in [4.78, 5) is 0. The van der Waals surface area contributed by atoms with Crippen molar-refractivity contribution >= 4 is 11.6 Å². The lowest BCUT2D eigenvalue weighted by Crippen LogP contribution is -2.24. The zero-order chi connectivity index (χ0) is 11.4. The summed E-state index contributed by atoms with van der Waals surface area (Å²) < 4.78 is 7.50. The Morgan fingerprint density at radius 2 is 2.50 bits per heavy atom. The Labute approximate surface area is 101 Å². The van der Waals surface area contributed by atoms with E-state index in [1.54, 1.807) is 0 Å². The summed E-state index contributed by atoms with van der Waals surface area (Å²) in [6.45, 7) is 3.71. The molecule has 0 N–H and O–H groups in total. The number of alkyl halides is 1. The van der Waals surface area contributed by atoms with Gasteiger partial charge in [0, 0.05) is 6.61 Å². The van der Waals surface area contributed by atoms with E-state index in [2.05, 4.69) is 10.3 Å². The molecule has 2 unspecified atom stereocenters. The molecule has 16 heavy (non-hydrogen) atoms. The SMILES string of the molecule is CCC(Cl)c1cn(CC2CCCCO2)nn1. The molecular weight excluding hydrogens is 226 g/mol. The normalized spacial score (nSPS) is 23.2. The Hall–Kier alpha value is -0.610. The first-order chi connectivity index (χ1) is 7.79. The second-order valence-electron chi connectivity index (χ2n) is 4.23. The summed E-state index contributed by atoms with van der Waals surface area (Å²) in [5, 5.41) is 8.13. The van der Waals surface area contributed by atoms with Crippen LogP contribution in [0.1, 0.15) is 43.7 Å². The molecule has 0 radical (unpaired) electrons. The van der Waals surface area contributed by atoms with Gasteiger partial charge < -0.3 is 4.74 Å². The molecule has 0 bridgehead atoms. The van der Waals surface area contributed by atoms with Crippen LogP contribution in [0, 0.1) is 0 Å². The maximum Gasteiger partial charge on any atom is 0.100 e. The second-order valence-corrected chi connectivity index (χ2v) is 4.76. The summed E-state index contributed by atoms with van der Waals surface area (Å²) in [5.41, 5.74) is 0.861. The fourth-order valence-corrected chi connectivity index (χ4v) is 2.02. The lowest BCUT2D eigenvalue weighted by Gasteiger charge is -2.21. The van der Waals surface area contributed by atoms with Crippen LogP contribution in [-0.4, -0.2) is 27.7 Å². The molecule has 1 saturated heterocycles. The topological polar surface area (TPSA) is 39.9 Å². The molecule has 0 amide bonds. The Morgan fingerprint density at radius 1 is 1.62 bits per heavy atom. The van der Waals surface area contributed by atoms with E-state index in [4.69, 9.17) is 16.3 Å². The molecule has 1 aliphatic heterocycles. The fourth-order valence-electron chi connectivity index (χ4n) is 1.92. The minimum Gasteiger partial charge on any atom is -0.376 e. The number of halogens is 1. The first kappa shape index (κ1) is 11.9. The van der Waals surface area contributed by atoms with Crippen LogP contribution < -0.4 is 0 Å². The number of aromatic nitrogens is 3. The van der Waals surface area contributed by atoms with Crippen LogP contribution in [0.3, 0.4) is 0 Å². The average molecular weight is 244 g/mol. The van der Waals surface area contributed by atoms with Crippen LogP contribution in [0.25, 0.3) is 0 Å². The van der Waals surface area contributed by atoms with E-state index < -0.39 is 0 Å². The van der Waals surface area contributed by atoms with E-state index in [-0.39, 0.29) is 5.38 Å². The monoisotopic (exact) mass is 243 g/mol. The van der Waals surface area contributed by atoms with Gasteiger partial charge in [-0.3, -0.25) is 0 Å². The van der Waals surface area contributed by atoms with Gasteiger partial charge in [-0.05, 0) is 25.7 Å². The van der Waals surface area contributed by atoms with E-state index in [0.717, 1.165) is 31.7 Å². The third-order valence-corrected chi connectivity index (χ3v) is 3.43. The molecule has 1 aromatic heterocycles. The minimum atomic E-state index is -0.0268. The lowest BCUT2D eigenvalue weighted by molar-refractivity contribution is 0.00370. The Morgan fingerprint density at radius 3 is 3.19 bits per heavy atom. The predicted octanol–water partition coefficient (Wildman–Crippen LogP) is 2.54. The van der Waals surface area contributed by atoms with Gasteiger partial charge in [0.05, 0.1) is 24.2 Å². The van der Waals surface area contributed by atoms with Gasteiger partial charge in [0.2, 0.25) is 0 Å². The molecular formula is C11H18ClN3O. The standard InChI is InChI=1S/C11H18ClN3O/c1-2-10(12)11-8-15(14-13-11)7-9-5-3-4-6-16-9/h8-10H,2-7H2,1H3. The molecule has 0 saturated carbocycles. The second kappa shape index (κ2) is 5.64. The van der Waals surface area contributed by atoms with Gasteiger partial charge in [-0.25, -0.2) is 4.68 Å². The van der Waals surface area contributed by atoms with Crippen molar-refractivity contribution in [1.82, 2.24) is 15.0 Å². The highest BCUT2D eigenvalue weighted by atomic mass is 35.5. The largest absolute Gasteiger partial charge is 0.376 e. The van der Waals surface area contributed by atoms with Crippen molar-refractivity contribution in [3.05, 3.63) is 11.9 Å². The molecule has 5 heteroatoms. The Kier molecular flexibility index (Phi) is 4.18. The quantitative estimate of drug-likeness (QED) is 0.763. The summed E-state index contributed by atoms with van der Waals surface area (Å²) in [7, 11) is 0. The van der Waals surface area contributed by atoms with Crippen LogP contribution in [0.4, 0.5) is 0 Å². The summed E-state index contributed by atoms with van der Waals surface area (Å²) in [5.74, 6) is 0. The maximum absolute atomic E-state index is 6.10. The van der Waals surface area contributed by atoms with Crippen molar-refractivity contribution in [2.75, 3.05) is 6.61 Å². The molecule has 2 atom stereocenters. The van der Waals surface area contributed by atoms with Crippen molar-refractivity contribution in [3.8, 4) is 0 Å². The molecule has 0 aliphatic carbocycles. The average Bonchev–Trinajstić information content (AvgIpc) is 2.78. The van der Waals surface area contributed by atoms with Crippen molar-refractivity contribution in [3.63, 3.8) is 0 Å². The molecule has 2 heterocycles. The summed E-state index contributed by atoms with van der Waals surface area (Å²) in [6.07, 6.45) is 6.64. The third kappa shape index (κ3) is 2.95. The first-order valence-corrected chi connectivity index (χ1v) is 6.39. The highest BCUT2D eigenvalue weighted by molar-refractivity contribution is 6.20. The van der Waals surface area contributed by atoms with Gasteiger partial charge >= 0.3 is 0 Å². The molecule has 0 spiro atoms. The number of hydrogen-bond donors (Lipinski definition) is 0. The number of ether oxygens (including phenoxy) is 1. The Bertz CT molecular complexity index is 323. The van der Waals surface area contributed by atoms with Crippen LogP contribution in [0.5, 0.6) is 0 Å². The number of rotatable bonds is 4. The van der Waals surface area contributed by atoms with Crippen LogP contribution in [0.2, 0.25) is 0 Å². The molecule has 1 fully saturated rings. The number of nitrogens with zero attached hydrogens (tertiary/aromatic N) is 3. The van der Waals surface area contributed by atoms with E-state index in [9.17, 15) is 0 Å². The maximum atomic E-state index is 6.10. The molecule has 2 rings (SSSR count). The van der Waals surface area contributed by atoms with Crippen LogP contribution in [0.15, 0.2) is 6.20 Å². The van der Waals surface area contributed by atoms with Gasteiger partial charge in [0.1, 0.15) is 5.69 Å². The van der Waals surface area contributed by atoms with Gasteiger partial charge in [-0.15, -0.1) is 16.7 Å². The molecule has 4 nitrogen and oxygen atoms in total. The number of hydrogen-bond acceptors (Lipinski definition) is 3. The summed E-state index contributed by atoms with van der Waals surface area (Å²) >= 11 is 6.10. The van der Waals surface area contributed by atoms with E-state index in [1.807, 2.05) is 17.8 Å². The first-order valence-electron chi connectivity index (χ1n) is 5.95. The van der Waals surface area contributed by atoms with Crippen molar-refractivity contribution < 1.29 is 4.74 Å². The van der Waals surface area contributed by atoms with Gasteiger partial charge in [0.25, 0.3) is 0 Å². The van der Waals surface area contributed by atoms with E-state index >= 15 is 0 Å².